The second kappa shape index (κ2) is 8.34. The summed E-state index contributed by atoms with van der Waals surface area (Å²) in [6, 6.07) is 4.54. The zero-order valence-corrected chi connectivity index (χ0v) is 20.2. The van der Waals surface area contributed by atoms with E-state index in [1.54, 1.807) is 29.1 Å². The molecule has 2 bridgehead atoms. The molecule has 1 aromatic heterocycles. The SMILES string of the molecule is O=C(NC1CC(OC(F)(F)F)C1)c1cnn(C23CC(NC(=O)[C@H]4C[C@@H](O)c5cc(Cl)ccc5O4)(C2)C3)c1. The van der Waals surface area contributed by atoms with Crippen molar-refractivity contribution in [3.63, 3.8) is 0 Å². The number of aromatic nitrogens is 2. The van der Waals surface area contributed by atoms with Gasteiger partial charge in [-0.15, -0.1) is 13.2 Å². The van der Waals surface area contributed by atoms with Crippen molar-refractivity contribution in [1.29, 1.82) is 0 Å². The van der Waals surface area contributed by atoms with Crippen molar-refractivity contribution in [3.8, 4) is 5.75 Å². The highest BCUT2D eigenvalue weighted by Crippen LogP contribution is 2.65. The van der Waals surface area contributed by atoms with Crippen LogP contribution in [0, 0.1) is 0 Å². The summed E-state index contributed by atoms with van der Waals surface area (Å²) in [4.78, 5) is 25.4. The normalized spacial score (nSPS) is 33.6. The molecule has 0 radical (unpaired) electrons. The molecule has 9 nitrogen and oxygen atoms in total. The molecule has 2 atom stereocenters. The van der Waals surface area contributed by atoms with E-state index in [0.29, 0.717) is 41.2 Å². The van der Waals surface area contributed by atoms with E-state index >= 15 is 0 Å². The van der Waals surface area contributed by atoms with Gasteiger partial charge in [-0.1, -0.05) is 11.6 Å². The number of aliphatic hydroxyl groups excluding tert-OH is 1. The maximum Gasteiger partial charge on any atom is 0.522 e. The van der Waals surface area contributed by atoms with Crippen molar-refractivity contribution in [3.05, 3.63) is 46.7 Å². The quantitative estimate of drug-likeness (QED) is 0.519. The molecule has 13 heteroatoms. The van der Waals surface area contributed by atoms with Gasteiger partial charge in [-0.3, -0.25) is 19.0 Å². The van der Waals surface area contributed by atoms with Crippen LogP contribution in [-0.4, -0.2) is 56.9 Å². The van der Waals surface area contributed by atoms with Crippen LogP contribution in [0.2, 0.25) is 5.02 Å². The molecule has 198 valence electrons. The van der Waals surface area contributed by atoms with Crippen molar-refractivity contribution < 1.29 is 37.3 Å². The first-order chi connectivity index (χ1) is 17.4. The number of ether oxygens (including phenoxy) is 2. The summed E-state index contributed by atoms with van der Waals surface area (Å²) in [5.41, 5.74) is 0.224. The summed E-state index contributed by atoms with van der Waals surface area (Å²) in [6.07, 6.45) is -1.94. The van der Waals surface area contributed by atoms with Gasteiger partial charge in [0.25, 0.3) is 11.8 Å². The van der Waals surface area contributed by atoms with Crippen LogP contribution in [-0.2, 0) is 15.1 Å². The third-order valence-corrected chi connectivity index (χ3v) is 8.02. The number of carbonyl (C=O) groups excluding carboxylic acids is 2. The minimum atomic E-state index is -4.68. The Kier molecular flexibility index (Phi) is 5.52. The van der Waals surface area contributed by atoms with Crippen LogP contribution in [0.4, 0.5) is 13.2 Å². The Labute approximate surface area is 214 Å². The Hall–Kier alpha value is -2.83. The first-order valence-corrected chi connectivity index (χ1v) is 12.4. The Morgan fingerprint density at radius 2 is 1.95 bits per heavy atom. The molecule has 2 aromatic rings. The predicted octanol–water partition coefficient (Wildman–Crippen LogP) is 2.97. The molecule has 3 N–H and O–H groups in total. The summed E-state index contributed by atoms with van der Waals surface area (Å²) >= 11 is 5.98. The summed E-state index contributed by atoms with van der Waals surface area (Å²) in [5.74, 6) is -0.252. The van der Waals surface area contributed by atoms with Crippen LogP contribution in [0.3, 0.4) is 0 Å². The number of amides is 2. The first-order valence-electron chi connectivity index (χ1n) is 12.0. The van der Waals surface area contributed by atoms with E-state index in [4.69, 9.17) is 16.3 Å². The molecular weight excluding hydrogens is 517 g/mol. The molecule has 0 saturated heterocycles. The number of carbonyl (C=O) groups is 2. The highest BCUT2D eigenvalue weighted by molar-refractivity contribution is 6.30. The second-order valence-electron chi connectivity index (χ2n) is 10.6. The fourth-order valence-corrected chi connectivity index (χ4v) is 6.15. The number of fused-ring (bicyclic) bond motifs is 1. The van der Waals surface area contributed by atoms with Gasteiger partial charge in [-0.05, 0) is 50.3 Å². The van der Waals surface area contributed by atoms with Crippen LogP contribution in [0.25, 0.3) is 0 Å². The maximum absolute atomic E-state index is 12.9. The largest absolute Gasteiger partial charge is 0.522 e. The topological polar surface area (TPSA) is 115 Å². The molecule has 7 rings (SSSR count). The molecule has 5 aliphatic rings. The lowest BCUT2D eigenvalue weighted by Gasteiger charge is -2.70. The standard InChI is InChI=1S/C24H24ClF3N4O5/c25-13-1-2-18-16(3-13)17(33)6-19(36-18)21(35)31-22-9-23(10-22,11-22)32-8-12(7-29-32)20(34)30-14-4-15(5-14)37-24(26,27)28/h1-3,7-8,14-15,17,19,33H,4-6,9-11H2,(H,30,34)(H,31,35)/t14?,15?,17-,19-,22?,23?/m1/s1. The minimum absolute atomic E-state index is 0.104. The molecule has 37 heavy (non-hydrogen) atoms. The van der Waals surface area contributed by atoms with Crippen LogP contribution in [0.5, 0.6) is 5.75 Å². The van der Waals surface area contributed by atoms with Gasteiger partial charge in [0, 0.05) is 34.8 Å². The third-order valence-electron chi connectivity index (χ3n) is 7.78. The van der Waals surface area contributed by atoms with E-state index in [9.17, 15) is 27.9 Å². The minimum Gasteiger partial charge on any atom is -0.480 e. The lowest BCUT2D eigenvalue weighted by Crippen LogP contribution is -2.79. The Morgan fingerprint density at radius 1 is 1.22 bits per heavy atom. The van der Waals surface area contributed by atoms with E-state index in [2.05, 4.69) is 20.5 Å². The Morgan fingerprint density at radius 3 is 2.65 bits per heavy atom. The van der Waals surface area contributed by atoms with Crippen LogP contribution < -0.4 is 15.4 Å². The van der Waals surface area contributed by atoms with Crippen LogP contribution in [0.1, 0.15) is 60.6 Å². The second-order valence-corrected chi connectivity index (χ2v) is 11.0. The van der Waals surface area contributed by atoms with E-state index in [-0.39, 0.29) is 42.3 Å². The number of aliphatic hydroxyl groups is 1. The van der Waals surface area contributed by atoms with E-state index in [1.165, 1.54) is 6.20 Å². The van der Waals surface area contributed by atoms with Gasteiger partial charge in [0.1, 0.15) is 5.75 Å². The summed E-state index contributed by atoms with van der Waals surface area (Å²) in [5, 5.41) is 21.0. The van der Waals surface area contributed by atoms with Crippen LogP contribution >= 0.6 is 11.6 Å². The number of nitrogens with one attached hydrogen (secondary N) is 2. The van der Waals surface area contributed by atoms with Gasteiger partial charge in [0.15, 0.2) is 6.10 Å². The number of benzene rings is 1. The molecule has 0 spiro atoms. The van der Waals surface area contributed by atoms with Crippen molar-refractivity contribution in [2.45, 2.75) is 80.3 Å². The molecule has 1 aromatic carbocycles. The number of nitrogens with zero attached hydrogens (tertiary/aromatic N) is 2. The number of alkyl halides is 3. The summed E-state index contributed by atoms with van der Waals surface area (Å²) in [7, 11) is 0. The van der Waals surface area contributed by atoms with Crippen molar-refractivity contribution in [2.24, 2.45) is 0 Å². The third kappa shape index (κ3) is 4.44. The van der Waals surface area contributed by atoms with E-state index in [0.717, 1.165) is 0 Å². The van der Waals surface area contributed by atoms with Gasteiger partial charge in [0.05, 0.1) is 29.5 Å². The lowest BCUT2D eigenvalue weighted by molar-refractivity contribution is -0.351. The Balaban J connectivity index is 0.998. The molecule has 4 fully saturated rings. The van der Waals surface area contributed by atoms with Gasteiger partial charge >= 0.3 is 6.36 Å². The van der Waals surface area contributed by atoms with E-state index < -0.39 is 30.6 Å². The van der Waals surface area contributed by atoms with Gasteiger partial charge < -0.3 is 20.5 Å². The van der Waals surface area contributed by atoms with E-state index in [1.807, 2.05) is 0 Å². The van der Waals surface area contributed by atoms with Gasteiger partial charge in [-0.2, -0.15) is 5.10 Å². The molecule has 4 aliphatic carbocycles. The summed E-state index contributed by atoms with van der Waals surface area (Å²) in [6.45, 7) is 0. The maximum atomic E-state index is 12.9. The average Bonchev–Trinajstić information content (AvgIpc) is 3.23. The number of rotatable bonds is 6. The van der Waals surface area contributed by atoms with Crippen LogP contribution in [0.15, 0.2) is 30.6 Å². The highest BCUT2D eigenvalue weighted by atomic mass is 35.5. The van der Waals surface area contributed by atoms with Gasteiger partial charge in [-0.25, -0.2) is 0 Å². The number of halogens is 4. The zero-order chi connectivity index (χ0) is 26.2. The fourth-order valence-electron chi connectivity index (χ4n) is 5.97. The average molecular weight is 541 g/mol. The molecule has 4 saturated carbocycles. The Bertz CT molecular complexity index is 1240. The lowest BCUT2D eigenvalue weighted by atomic mass is 9.44. The van der Waals surface area contributed by atoms with Crippen molar-refractivity contribution >= 4 is 23.4 Å². The van der Waals surface area contributed by atoms with Gasteiger partial charge in [0.2, 0.25) is 0 Å². The number of hydrogen-bond acceptors (Lipinski definition) is 6. The summed E-state index contributed by atoms with van der Waals surface area (Å²) < 4.78 is 48.2. The molecule has 1 aliphatic heterocycles. The highest BCUT2D eigenvalue weighted by Gasteiger charge is 2.70. The molecule has 2 amide bonds. The monoisotopic (exact) mass is 540 g/mol. The molecule has 0 unspecified atom stereocenters. The predicted molar refractivity (Wildman–Crippen MR) is 122 cm³/mol. The van der Waals surface area contributed by atoms with Crippen molar-refractivity contribution in [2.75, 3.05) is 0 Å². The molecule has 2 heterocycles. The molecular formula is C24H24ClF3N4O5. The smallest absolute Gasteiger partial charge is 0.480 e. The fraction of sp³-hybridized carbons (Fsp3) is 0.542. The first kappa shape index (κ1) is 24.5. The van der Waals surface area contributed by atoms with Crippen molar-refractivity contribution in [1.82, 2.24) is 20.4 Å². The number of hydrogen-bond donors (Lipinski definition) is 3. The zero-order valence-electron chi connectivity index (χ0n) is 19.4.